The minimum absolute atomic E-state index is 0.0616. The number of hydrogen-bond acceptors (Lipinski definition) is 5. The Hall–Kier alpha value is -2.13. The van der Waals surface area contributed by atoms with Crippen LogP contribution in [-0.4, -0.2) is 68.8 Å². The van der Waals surface area contributed by atoms with E-state index in [1.807, 2.05) is 4.90 Å². The topological polar surface area (TPSA) is 96.0 Å². The fourth-order valence-electron chi connectivity index (χ4n) is 3.83. The highest BCUT2D eigenvalue weighted by Gasteiger charge is 2.35. The van der Waals surface area contributed by atoms with Crippen molar-refractivity contribution in [3.8, 4) is 5.75 Å². The van der Waals surface area contributed by atoms with Gasteiger partial charge in [-0.1, -0.05) is 13.8 Å². The van der Waals surface area contributed by atoms with Crippen molar-refractivity contribution in [1.82, 2.24) is 14.5 Å². The summed E-state index contributed by atoms with van der Waals surface area (Å²) >= 11 is 0. The molecule has 1 aromatic carbocycles. The van der Waals surface area contributed by atoms with Gasteiger partial charge < -0.3 is 15.0 Å². The minimum Gasteiger partial charge on any atom is -0.496 e. The summed E-state index contributed by atoms with van der Waals surface area (Å²) in [6.07, 6.45) is 3.35. The van der Waals surface area contributed by atoms with E-state index in [0.29, 0.717) is 44.8 Å². The van der Waals surface area contributed by atoms with Crippen molar-refractivity contribution in [2.24, 2.45) is 5.92 Å². The summed E-state index contributed by atoms with van der Waals surface area (Å²) in [6, 6.07) is 4.30. The largest absolute Gasteiger partial charge is 0.496 e. The Balaban J connectivity index is 1.71. The lowest BCUT2D eigenvalue weighted by Gasteiger charge is -2.32. The second kappa shape index (κ2) is 9.34. The fourth-order valence-corrected chi connectivity index (χ4v) is 5.32. The van der Waals surface area contributed by atoms with Gasteiger partial charge in [0.2, 0.25) is 15.9 Å². The molecule has 2 amide bonds. The number of nitrogens with one attached hydrogen (secondary N) is 1. The van der Waals surface area contributed by atoms with Gasteiger partial charge in [-0.2, -0.15) is 4.31 Å². The maximum atomic E-state index is 12.9. The van der Waals surface area contributed by atoms with Crippen molar-refractivity contribution in [1.29, 1.82) is 0 Å². The van der Waals surface area contributed by atoms with Crippen molar-refractivity contribution in [3.05, 3.63) is 23.8 Å². The summed E-state index contributed by atoms with van der Waals surface area (Å²) < 4.78 is 32.3. The summed E-state index contributed by atoms with van der Waals surface area (Å²) in [4.78, 5) is 27.1. The Morgan fingerprint density at radius 1 is 1.13 bits per heavy atom. The zero-order chi connectivity index (χ0) is 21.9. The quantitative estimate of drug-likeness (QED) is 0.670. The molecule has 0 aromatic heterocycles. The molecule has 30 heavy (non-hydrogen) atoms. The van der Waals surface area contributed by atoms with Crippen LogP contribution in [0.5, 0.6) is 5.75 Å². The number of methoxy groups -OCH3 is 1. The van der Waals surface area contributed by atoms with Gasteiger partial charge in [0.15, 0.2) is 0 Å². The molecule has 166 valence electrons. The summed E-state index contributed by atoms with van der Waals surface area (Å²) in [5.74, 6) is 0.398. The normalized spacial score (nSPS) is 17.8. The number of nitrogens with zero attached hydrogens (tertiary/aromatic N) is 2. The third-order valence-corrected chi connectivity index (χ3v) is 7.87. The monoisotopic (exact) mass is 437 g/mol. The second-order valence-electron chi connectivity index (χ2n) is 7.80. The maximum absolute atomic E-state index is 12.9. The molecule has 0 radical (unpaired) electrons. The Bertz CT molecular complexity index is 886. The molecular weight excluding hydrogens is 406 g/mol. The molecule has 0 spiro atoms. The molecule has 1 aliphatic heterocycles. The van der Waals surface area contributed by atoms with E-state index in [4.69, 9.17) is 4.74 Å². The third kappa shape index (κ3) is 4.78. The average Bonchev–Trinajstić information content (AvgIpc) is 3.59. The summed E-state index contributed by atoms with van der Waals surface area (Å²) in [5, 5.41) is 2.98. The second-order valence-corrected chi connectivity index (χ2v) is 9.74. The van der Waals surface area contributed by atoms with Crippen LogP contribution >= 0.6 is 0 Å². The molecule has 0 unspecified atom stereocenters. The molecule has 1 aromatic rings. The van der Waals surface area contributed by atoms with E-state index in [2.05, 4.69) is 5.32 Å². The summed E-state index contributed by atoms with van der Waals surface area (Å²) in [6.45, 7) is 5.52. The van der Waals surface area contributed by atoms with Gasteiger partial charge in [0.25, 0.3) is 5.91 Å². The van der Waals surface area contributed by atoms with Crippen LogP contribution in [0, 0.1) is 5.92 Å². The summed E-state index contributed by atoms with van der Waals surface area (Å²) in [7, 11) is -2.23. The van der Waals surface area contributed by atoms with Crippen LogP contribution in [0.25, 0.3) is 0 Å². The van der Waals surface area contributed by atoms with Gasteiger partial charge in [-0.25, -0.2) is 8.42 Å². The number of rotatable bonds is 8. The van der Waals surface area contributed by atoms with E-state index in [9.17, 15) is 18.0 Å². The first-order chi connectivity index (χ1) is 14.3. The van der Waals surface area contributed by atoms with E-state index >= 15 is 0 Å². The van der Waals surface area contributed by atoms with Gasteiger partial charge in [0.05, 0.1) is 17.6 Å². The van der Waals surface area contributed by atoms with Gasteiger partial charge in [-0.15, -0.1) is 0 Å². The summed E-state index contributed by atoms with van der Waals surface area (Å²) in [5.41, 5.74) is 0.196. The molecule has 8 nitrogen and oxygen atoms in total. The predicted molar refractivity (Wildman–Crippen MR) is 113 cm³/mol. The number of piperidine rings is 1. The number of ether oxygens (including phenoxy) is 1. The molecule has 3 rings (SSSR count). The van der Waals surface area contributed by atoms with Gasteiger partial charge in [-0.05, 0) is 43.9 Å². The zero-order valence-electron chi connectivity index (χ0n) is 17.9. The standard InChI is InChI=1S/C21H31N3O5S/c1-4-24(5-2)30(27,28)17-8-9-19(29-3)18(14-17)20(25)22-16-10-12-23(13-11-16)21(26)15-6-7-15/h8-9,14-16H,4-7,10-13H2,1-3H3,(H,22,25). The van der Waals surface area contributed by atoms with Crippen LogP contribution in [0.2, 0.25) is 0 Å². The molecule has 0 bridgehead atoms. The first-order valence-corrected chi connectivity index (χ1v) is 12.0. The highest BCUT2D eigenvalue weighted by Crippen LogP contribution is 2.32. The molecule has 1 aliphatic carbocycles. The molecule has 1 heterocycles. The molecule has 2 fully saturated rings. The third-order valence-electron chi connectivity index (χ3n) is 5.83. The van der Waals surface area contributed by atoms with Gasteiger partial charge in [-0.3, -0.25) is 9.59 Å². The van der Waals surface area contributed by atoms with Gasteiger partial charge >= 0.3 is 0 Å². The van der Waals surface area contributed by atoms with Crippen molar-refractivity contribution in [2.75, 3.05) is 33.3 Å². The molecular formula is C21H31N3O5S. The van der Waals surface area contributed by atoms with E-state index in [1.165, 1.54) is 29.6 Å². The smallest absolute Gasteiger partial charge is 0.255 e. The molecule has 1 N–H and O–H groups in total. The zero-order valence-corrected chi connectivity index (χ0v) is 18.7. The van der Waals surface area contributed by atoms with Crippen molar-refractivity contribution < 1.29 is 22.7 Å². The van der Waals surface area contributed by atoms with Crippen LogP contribution in [-0.2, 0) is 14.8 Å². The number of carbonyl (C=O) groups excluding carboxylic acids is 2. The van der Waals surface area contributed by atoms with E-state index < -0.39 is 10.0 Å². The predicted octanol–water partition coefficient (Wildman–Crippen LogP) is 1.86. The van der Waals surface area contributed by atoms with Gasteiger partial charge in [0.1, 0.15) is 5.75 Å². The minimum atomic E-state index is -3.68. The lowest BCUT2D eigenvalue weighted by atomic mass is 10.0. The van der Waals surface area contributed by atoms with Crippen LogP contribution in [0.1, 0.15) is 49.9 Å². The van der Waals surface area contributed by atoms with Crippen molar-refractivity contribution in [3.63, 3.8) is 0 Å². The number of carbonyl (C=O) groups is 2. The molecule has 1 saturated heterocycles. The van der Waals surface area contributed by atoms with Gasteiger partial charge in [0, 0.05) is 38.1 Å². The first kappa shape index (κ1) is 22.6. The van der Waals surface area contributed by atoms with E-state index in [0.717, 1.165) is 12.8 Å². The van der Waals surface area contributed by atoms with E-state index in [-0.39, 0.29) is 34.2 Å². The number of sulfonamides is 1. The maximum Gasteiger partial charge on any atom is 0.255 e. The average molecular weight is 438 g/mol. The number of likely N-dealkylation sites (tertiary alicyclic amines) is 1. The van der Waals surface area contributed by atoms with Crippen LogP contribution in [0.4, 0.5) is 0 Å². The number of hydrogen-bond donors (Lipinski definition) is 1. The Morgan fingerprint density at radius 2 is 1.77 bits per heavy atom. The lowest BCUT2D eigenvalue weighted by molar-refractivity contribution is -0.133. The Morgan fingerprint density at radius 3 is 2.30 bits per heavy atom. The van der Waals surface area contributed by atoms with Crippen molar-refractivity contribution in [2.45, 2.75) is 50.5 Å². The fraction of sp³-hybridized carbons (Fsp3) is 0.619. The van der Waals surface area contributed by atoms with Crippen LogP contribution in [0.15, 0.2) is 23.1 Å². The highest BCUT2D eigenvalue weighted by molar-refractivity contribution is 7.89. The van der Waals surface area contributed by atoms with Crippen molar-refractivity contribution >= 4 is 21.8 Å². The molecule has 2 aliphatic rings. The SMILES string of the molecule is CCN(CC)S(=O)(=O)c1ccc(OC)c(C(=O)NC2CCN(C(=O)C3CC3)CC2)c1. The van der Waals surface area contributed by atoms with E-state index in [1.54, 1.807) is 13.8 Å². The lowest BCUT2D eigenvalue weighted by Crippen LogP contribution is -2.47. The Kier molecular flexibility index (Phi) is 7.02. The first-order valence-electron chi connectivity index (χ1n) is 10.6. The molecule has 9 heteroatoms. The number of amides is 2. The Labute approximate surface area is 178 Å². The highest BCUT2D eigenvalue weighted by atomic mass is 32.2. The van der Waals surface area contributed by atoms with Crippen LogP contribution < -0.4 is 10.1 Å². The molecule has 1 saturated carbocycles. The number of benzene rings is 1. The van der Waals surface area contributed by atoms with Crippen LogP contribution in [0.3, 0.4) is 0 Å². The molecule has 0 atom stereocenters.